The fraction of sp³-hybridized carbons (Fsp3) is 0.500. The van der Waals surface area contributed by atoms with Crippen LogP contribution >= 0.6 is 0 Å². The number of anilines is 1. The van der Waals surface area contributed by atoms with Gasteiger partial charge in [-0.1, -0.05) is 6.07 Å². The molecule has 18 heavy (non-hydrogen) atoms. The number of esters is 1. The summed E-state index contributed by atoms with van der Waals surface area (Å²) in [6.45, 7) is 5.57. The van der Waals surface area contributed by atoms with Crippen molar-refractivity contribution in [3.63, 3.8) is 0 Å². The molecule has 0 unspecified atom stereocenters. The van der Waals surface area contributed by atoms with Crippen LogP contribution in [0.25, 0.3) is 0 Å². The van der Waals surface area contributed by atoms with Gasteiger partial charge in [0.25, 0.3) is 0 Å². The summed E-state index contributed by atoms with van der Waals surface area (Å²) in [5.74, 6) is 0.452. The second-order valence-corrected chi connectivity index (χ2v) is 5.16. The van der Waals surface area contributed by atoms with Crippen molar-refractivity contribution >= 4 is 11.7 Å². The molecule has 0 aromatic heterocycles. The number of nitrogen functional groups attached to an aromatic ring is 1. The van der Waals surface area contributed by atoms with Gasteiger partial charge in [0.05, 0.1) is 12.8 Å². The van der Waals surface area contributed by atoms with Crippen molar-refractivity contribution in [2.24, 2.45) is 0 Å². The zero-order valence-corrected chi connectivity index (χ0v) is 11.4. The molecule has 0 bridgehead atoms. The van der Waals surface area contributed by atoms with Crippen molar-refractivity contribution in [3.05, 3.63) is 23.8 Å². The smallest absolute Gasteiger partial charge is 0.306 e. The van der Waals surface area contributed by atoms with Gasteiger partial charge in [-0.25, -0.2) is 0 Å². The zero-order valence-electron chi connectivity index (χ0n) is 11.4. The van der Waals surface area contributed by atoms with E-state index < -0.39 is 5.60 Å². The summed E-state index contributed by atoms with van der Waals surface area (Å²) < 4.78 is 10.3. The van der Waals surface area contributed by atoms with Gasteiger partial charge in [0.1, 0.15) is 11.4 Å². The van der Waals surface area contributed by atoms with Crippen molar-refractivity contribution in [1.29, 1.82) is 0 Å². The molecule has 0 heterocycles. The minimum Gasteiger partial charge on any atom is -0.495 e. The summed E-state index contributed by atoms with van der Waals surface area (Å²) in [6.07, 6.45) is 0.964. The van der Waals surface area contributed by atoms with E-state index in [2.05, 4.69) is 0 Å². The summed E-state index contributed by atoms with van der Waals surface area (Å²) in [5, 5.41) is 0. The van der Waals surface area contributed by atoms with Crippen molar-refractivity contribution in [3.8, 4) is 5.75 Å². The minimum atomic E-state index is -0.435. The van der Waals surface area contributed by atoms with Crippen LogP contribution in [0.4, 0.5) is 5.69 Å². The highest BCUT2D eigenvalue weighted by Crippen LogP contribution is 2.22. The van der Waals surface area contributed by atoms with Gasteiger partial charge in [-0.05, 0) is 44.9 Å². The lowest BCUT2D eigenvalue weighted by atomic mass is 10.1. The molecule has 2 N–H and O–H groups in total. The second kappa shape index (κ2) is 5.76. The number of carbonyl (C=O) groups excluding carboxylic acids is 1. The van der Waals surface area contributed by atoms with E-state index in [1.165, 1.54) is 0 Å². The number of hydrogen-bond acceptors (Lipinski definition) is 4. The first-order valence-electron chi connectivity index (χ1n) is 5.96. The first kappa shape index (κ1) is 14.4. The fourth-order valence-corrected chi connectivity index (χ4v) is 1.58. The van der Waals surface area contributed by atoms with Gasteiger partial charge in [0, 0.05) is 6.42 Å². The van der Waals surface area contributed by atoms with Crippen LogP contribution in [0.15, 0.2) is 18.2 Å². The third kappa shape index (κ3) is 4.65. The monoisotopic (exact) mass is 251 g/mol. The standard InChI is InChI=1S/C14H21NO3/c1-14(2,3)18-13(16)8-6-10-5-7-12(17-4)11(15)9-10/h5,7,9H,6,8,15H2,1-4H3. The van der Waals surface area contributed by atoms with E-state index >= 15 is 0 Å². The Balaban J connectivity index is 2.54. The maximum atomic E-state index is 11.6. The van der Waals surface area contributed by atoms with Crippen LogP contribution < -0.4 is 10.5 Å². The van der Waals surface area contributed by atoms with E-state index in [0.29, 0.717) is 24.3 Å². The van der Waals surface area contributed by atoms with E-state index in [1.54, 1.807) is 13.2 Å². The quantitative estimate of drug-likeness (QED) is 0.660. The first-order valence-corrected chi connectivity index (χ1v) is 5.96. The number of carbonyl (C=O) groups is 1. The van der Waals surface area contributed by atoms with Crippen molar-refractivity contribution < 1.29 is 14.3 Å². The molecule has 1 rings (SSSR count). The molecule has 0 saturated carbocycles. The Hall–Kier alpha value is -1.71. The molecular weight excluding hydrogens is 230 g/mol. The molecule has 0 radical (unpaired) electrons. The van der Waals surface area contributed by atoms with E-state index in [4.69, 9.17) is 15.2 Å². The summed E-state index contributed by atoms with van der Waals surface area (Å²) in [5.41, 5.74) is 6.95. The van der Waals surface area contributed by atoms with Gasteiger partial charge >= 0.3 is 5.97 Å². The van der Waals surface area contributed by atoms with Gasteiger partial charge < -0.3 is 15.2 Å². The number of aryl methyl sites for hydroxylation is 1. The molecule has 100 valence electrons. The lowest BCUT2D eigenvalue weighted by Gasteiger charge is -2.19. The largest absolute Gasteiger partial charge is 0.495 e. The number of hydrogen-bond donors (Lipinski definition) is 1. The molecule has 0 saturated heterocycles. The lowest BCUT2D eigenvalue weighted by molar-refractivity contribution is -0.154. The van der Waals surface area contributed by atoms with Crippen LogP contribution in [0, 0.1) is 0 Å². The normalized spacial score (nSPS) is 11.1. The van der Waals surface area contributed by atoms with Crippen LogP contribution in [-0.4, -0.2) is 18.7 Å². The van der Waals surface area contributed by atoms with Gasteiger partial charge in [-0.2, -0.15) is 0 Å². The molecule has 0 aliphatic carbocycles. The highest BCUT2D eigenvalue weighted by molar-refractivity contribution is 5.70. The summed E-state index contributed by atoms with van der Waals surface area (Å²) in [6, 6.07) is 5.53. The molecule has 4 nitrogen and oxygen atoms in total. The van der Waals surface area contributed by atoms with Crippen LogP contribution in [0.1, 0.15) is 32.8 Å². The number of benzene rings is 1. The highest BCUT2D eigenvalue weighted by Gasteiger charge is 2.16. The van der Waals surface area contributed by atoms with E-state index in [1.807, 2.05) is 32.9 Å². The molecule has 1 aromatic carbocycles. The van der Waals surface area contributed by atoms with Crippen molar-refractivity contribution in [2.45, 2.75) is 39.2 Å². The van der Waals surface area contributed by atoms with Crippen LogP contribution in [0.2, 0.25) is 0 Å². The highest BCUT2D eigenvalue weighted by atomic mass is 16.6. The number of nitrogens with two attached hydrogens (primary N) is 1. The fourth-order valence-electron chi connectivity index (χ4n) is 1.58. The predicted molar refractivity (Wildman–Crippen MR) is 71.6 cm³/mol. The van der Waals surface area contributed by atoms with Crippen LogP contribution in [-0.2, 0) is 16.0 Å². The number of ether oxygens (including phenoxy) is 2. The molecular formula is C14H21NO3. The third-order valence-electron chi connectivity index (χ3n) is 2.33. The molecule has 1 aromatic rings. The SMILES string of the molecule is COc1ccc(CCC(=O)OC(C)(C)C)cc1N. The average molecular weight is 251 g/mol. The maximum Gasteiger partial charge on any atom is 0.306 e. The Morgan fingerprint density at radius 1 is 1.33 bits per heavy atom. The Morgan fingerprint density at radius 2 is 2.00 bits per heavy atom. The predicted octanol–water partition coefficient (Wildman–Crippen LogP) is 2.55. The average Bonchev–Trinajstić information content (AvgIpc) is 2.24. The van der Waals surface area contributed by atoms with Gasteiger partial charge in [0.2, 0.25) is 0 Å². The zero-order chi connectivity index (χ0) is 13.8. The summed E-state index contributed by atoms with van der Waals surface area (Å²) in [7, 11) is 1.58. The molecule has 0 aliphatic heterocycles. The van der Waals surface area contributed by atoms with Gasteiger partial charge in [-0.3, -0.25) is 4.79 Å². The first-order chi connectivity index (χ1) is 8.31. The maximum absolute atomic E-state index is 11.6. The number of rotatable bonds is 4. The molecule has 0 atom stereocenters. The van der Waals surface area contributed by atoms with Crippen molar-refractivity contribution in [2.75, 3.05) is 12.8 Å². The van der Waals surface area contributed by atoms with E-state index in [9.17, 15) is 4.79 Å². The van der Waals surface area contributed by atoms with Gasteiger partial charge in [-0.15, -0.1) is 0 Å². The topological polar surface area (TPSA) is 61.5 Å². The molecule has 0 aliphatic rings. The minimum absolute atomic E-state index is 0.197. The van der Waals surface area contributed by atoms with E-state index in [-0.39, 0.29) is 5.97 Å². The van der Waals surface area contributed by atoms with Crippen LogP contribution in [0.5, 0.6) is 5.75 Å². The molecule has 4 heteroatoms. The Morgan fingerprint density at radius 3 is 2.50 bits per heavy atom. The molecule has 0 amide bonds. The third-order valence-corrected chi connectivity index (χ3v) is 2.33. The van der Waals surface area contributed by atoms with Crippen LogP contribution in [0.3, 0.4) is 0 Å². The molecule has 0 spiro atoms. The van der Waals surface area contributed by atoms with E-state index in [0.717, 1.165) is 5.56 Å². The second-order valence-electron chi connectivity index (χ2n) is 5.16. The Labute approximate surface area is 108 Å². The Bertz CT molecular complexity index is 422. The number of methoxy groups -OCH3 is 1. The summed E-state index contributed by atoms with van der Waals surface area (Å²) in [4.78, 5) is 11.6. The Kier molecular flexibility index (Phi) is 4.59. The summed E-state index contributed by atoms with van der Waals surface area (Å²) >= 11 is 0. The van der Waals surface area contributed by atoms with Gasteiger partial charge in [0.15, 0.2) is 0 Å². The van der Waals surface area contributed by atoms with Crippen molar-refractivity contribution in [1.82, 2.24) is 0 Å². The lowest BCUT2D eigenvalue weighted by Crippen LogP contribution is -2.24. The molecule has 0 fully saturated rings.